The van der Waals surface area contributed by atoms with Crippen molar-refractivity contribution in [2.45, 2.75) is 18.8 Å². The molecule has 0 spiro atoms. The molecule has 0 radical (unpaired) electrons. The number of hydrogen-bond acceptors (Lipinski definition) is 3. The number of ether oxygens (including phenoxy) is 1. The molecule has 0 aromatic heterocycles. The zero-order chi connectivity index (χ0) is 9.90. The normalized spacial score (nSPS) is 25.4. The van der Waals surface area contributed by atoms with Crippen molar-refractivity contribution in [1.29, 1.82) is 0 Å². The van der Waals surface area contributed by atoms with Crippen LogP contribution in [0.2, 0.25) is 0 Å². The Hall–Kier alpha value is -0.330. The highest BCUT2D eigenvalue weighted by Gasteiger charge is 2.29. The number of alkyl halides is 3. The summed E-state index contributed by atoms with van der Waals surface area (Å²) >= 11 is 0. The Morgan fingerprint density at radius 1 is 1.46 bits per heavy atom. The minimum Gasteiger partial charge on any atom is -0.326 e. The fourth-order valence-electron chi connectivity index (χ4n) is 1.36. The van der Waals surface area contributed by atoms with Gasteiger partial charge in [0, 0.05) is 19.1 Å². The smallest absolute Gasteiger partial charge is 0.326 e. The molecule has 1 unspecified atom stereocenters. The summed E-state index contributed by atoms with van der Waals surface area (Å²) in [6, 6.07) is 0.103. The largest absolute Gasteiger partial charge is 0.522 e. The fourth-order valence-corrected chi connectivity index (χ4v) is 1.36. The minimum absolute atomic E-state index is 0.103. The second kappa shape index (κ2) is 4.26. The van der Waals surface area contributed by atoms with Crippen LogP contribution < -0.4 is 5.73 Å². The summed E-state index contributed by atoms with van der Waals surface area (Å²) in [5, 5.41) is 0. The third kappa shape index (κ3) is 4.44. The fraction of sp³-hybridized carbons (Fsp3) is 1.00. The average molecular weight is 198 g/mol. The highest BCUT2D eigenvalue weighted by Crippen LogP contribution is 2.16. The van der Waals surface area contributed by atoms with Crippen LogP contribution in [0.25, 0.3) is 0 Å². The summed E-state index contributed by atoms with van der Waals surface area (Å²) in [6.07, 6.45) is -3.66. The number of rotatable bonds is 3. The van der Waals surface area contributed by atoms with Crippen LogP contribution in [0.3, 0.4) is 0 Å². The van der Waals surface area contributed by atoms with E-state index in [1.807, 2.05) is 4.90 Å². The zero-order valence-electron chi connectivity index (χ0n) is 7.18. The summed E-state index contributed by atoms with van der Waals surface area (Å²) in [7, 11) is 0. The van der Waals surface area contributed by atoms with E-state index < -0.39 is 6.36 Å². The van der Waals surface area contributed by atoms with Crippen molar-refractivity contribution in [3.8, 4) is 0 Å². The second-order valence-electron chi connectivity index (χ2n) is 3.14. The van der Waals surface area contributed by atoms with E-state index in [2.05, 4.69) is 4.74 Å². The van der Waals surface area contributed by atoms with Gasteiger partial charge < -0.3 is 5.73 Å². The molecule has 2 N–H and O–H groups in total. The number of nitrogens with two attached hydrogens (primary N) is 1. The summed E-state index contributed by atoms with van der Waals surface area (Å²) < 4.78 is 38.3. The van der Waals surface area contributed by atoms with Gasteiger partial charge in [0.25, 0.3) is 0 Å². The van der Waals surface area contributed by atoms with Crippen LogP contribution in [-0.2, 0) is 4.74 Å². The first-order valence-electron chi connectivity index (χ1n) is 4.16. The van der Waals surface area contributed by atoms with Crippen LogP contribution in [0.15, 0.2) is 0 Å². The molecule has 1 aliphatic rings. The van der Waals surface area contributed by atoms with E-state index in [4.69, 9.17) is 5.73 Å². The first-order valence-corrected chi connectivity index (χ1v) is 4.16. The van der Waals surface area contributed by atoms with Crippen molar-refractivity contribution >= 4 is 0 Å². The molecular weight excluding hydrogens is 185 g/mol. The molecular formula is C7H13F3N2O. The number of halogens is 3. The SMILES string of the molecule is NC1CCN(CCOC(F)(F)F)C1. The maximum Gasteiger partial charge on any atom is 0.522 e. The lowest BCUT2D eigenvalue weighted by atomic mass is 10.3. The summed E-state index contributed by atoms with van der Waals surface area (Å²) in [5.74, 6) is 0. The van der Waals surface area contributed by atoms with Crippen LogP contribution in [0.1, 0.15) is 6.42 Å². The molecule has 1 atom stereocenters. The number of nitrogens with zero attached hydrogens (tertiary/aromatic N) is 1. The van der Waals surface area contributed by atoms with Crippen molar-refractivity contribution in [2.75, 3.05) is 26.2 Å². The molecule has 3 nitrogen and oxygen atoms in total. The lowest BCUT2D eigenvalue weighted by Gasteiger charge is -2.15. The molecule has 6 heteroatoms. The van der Waals surface area contributed by atoms with Gasteiger partial charge in [0.2, 0.25) is 0 Å². The second-order valence-corrected chi connectivity index (χ2v) is 3.14. The zero-order valence-corrected chi connectivity index (χ0v) is 7.18. The third-order valence-electron chi connectivity index (χ3n) is 1.98. The van der Waals surface area contributed by atoms with Crippen molar-refractivity contribution in [2.24, 2.45) is 5.73 Å². The van der Waals surface area contributed by atoms with Gasteiger partial charge in [-0.25, -0.2) is 0 Å². The molecule has 13 heavy (non-hydrogen) atoms. The van der Waals surface area contributed by atoms with Crippen LogP contribution >= 0.6 is 0 Å². The molecule has 1 heterocycles. The van der Waals surface area contributed by atoms with Crippen LogP contribution in [-0.4, -0.2) is 43.5 Å². The molecule has 0 saturated carbocycles. The van der Waals surface area contributed by atoms with Gasteiger partial charge in [-0.1, -0.05) is 0 Å². The Morgan fingerprint density at radius 3 is 2.62 bits per heavy atom. The van der Waals surface area contributed by atoms with Crippen molar-refractivity contribution in [3.05, 3.63) is 0 Å². The predicted octanol–water partition coefficient (Wildman–Crippen LogP) is 0.556. The van der Waals surface area contributed by atoms with Gasteiger partial charge >= 0.3 is 6.36 Å². The highest BCUT2D eigenvalue weighted by atomic mass is 19.4. The van der Waals surface area contributed by atoms with Gasteiger partial charge in [0.05, 0.1) is 6.61 Å². The standard InChI is InChI=1S/C7H13F3N2O/c8-7(9,10)13-4-3-12-2-1-6(11)5-12/h6H,1-5,11H2. The van der Waals surface area contributed by atoms with Crippen molar-refractivity contribution in [3.63, 3.8) is 0 Å². The van der Waals surface area contributed by atoms with Crippen LogP contribution in [0, 0.1) is 0 Å². The molecule has 1 rings (SSSR count). The summed E-state index contributed by atoms with van der Waals surface area (Å²) in [4.78, 5) is 1.87. The van der Waals surface area contributed by atoms with Crippen molar-refractivity contribution < 1.29 is 17.9 Å². The van der Waals surface area contributed by atoms with E-state index in [-0.39, 0.29) is 12.6 Å². The number of likely N-dealkylation sites (tertiary alicyclic amines) is 1. The maximum atomic E-state index is 11.5. The van der Waals surface area contributed by atoms with E-state index in [9.17, 15) is 13.2 Å². The first kappa shape index (κ1) is 10.7. The van der Waals surface area contributed by atoms with E-state index in [1.165, 1.54) is 0 Å². The summed E-state index contributed by atoms with van der Waals surface area (Å²) in [5.41, 5.74) is 5.58. The molecule has 1 saturated heterocycles. The lowest BCUT2D eigenvalue weighted by Crippen LogP contribution is -2.30. The summed E-state index contributed by atoms with van der Waals surface area (Å²) in [6.45, 7) is 1.42. The topological polar surface area (TPSA) is 38.5 Å². The molecule has 0 aromatic rings. The average Bonchev–Trinajstić information content (AvgIpc) is 2.33. The maximum absolute atomic E-state index is 11.5. The molecule has 0 amide bonds. The molecule has 78 valence electrons. The van der Waals surface area contributed by atoms with Gasteiger partial charge in [-0.15, -0.1) is 13.2 Å². The van der Waals surface area contributed by atoms with E-state index >= 15 is 0 Å². The molecule has 0 aliphatic carbocycles. The number of hydrogen-bond donors (Lipinski definition) is 1. The van der Waals surface area contributed by atoms with Gasteiger partial charge in [-0.05, 0) is 13.0 Å². The quantitative estimate of drug-likeness (QED) is 0.720. The van der Waals surface area contributed by atoms with E-state index in [0.717, 1.165) is 13.0 Å². The van der Waals surface area contributed by atoms with Crippen LogP contribution in [0.4, 0.5) is 13.2 Å². The van der Waals surface area contributed by atoms with Gasteiger partial charge in [0.15, 0.2) is 0 Å². The Labute approximate surface area is 74.6 Å². The third-order valence-corrected chi connectivity index (χ3v) is 1.98. The lowest BCUT2D eigenvalue weighted by molar-refractivity contribution is -0.324. The predicted molar refractivity (Wildman–Crippen MR) is 41.0 cm³/mol. The molecule has 0 bridgehead atoms. The monoisotopic (exact) mass is 198 g/mol. The van der Waals surface area contributed by atoms with Gasteiger partial charge in [-0.2, -0.15) is 0 Å². The van der Waals surface area contributed by atoms with E-state index in [0.29, 0.717) is 13.1 Å². The Kier molecular flexibility index (Phi) is 3.52. The molecule has 1 aliphatic heterocycles. The Balaban J connectivity index is 2.07. The van der Waals surface area contributed by atoms with Gasteiger partial charge in [0.1, 0.15) is 0 Å². The Morgan fingerprint density at radius 2 is 2.15 bits per heavy atom. The van der Waals surface area contributed by atoms with Gasteiger partial charge in [-0.3, -0.25) is 9.64 Å². The van der Waals surface area contributed by atoms with E-state index in [1.54, 1.807) is 0 Å². The molecule has 0 aromatic carbocycles. The van der Waals surface area contributed by atoms with Crippen LogP contribution in [0.5, 0.6) is 0 Å². The minimum atomic E-state index is -4.51. The molecule has 1 fully saturated rings. The highest BCUT2D eigenvalue weighted by molar-refractivity contribution is 4.77. The Bertz CT molecular complexity index is 162. The van der Waals surface area contributed by atoms with Crippen molar-refractivity contribution in [1.82, 2.24) is 4.90 Å². The first-order chi connectivity index (χ1) is 5.97.